The van der Waals surface area contributed by atoms with Gasteiger partial charge in [-0.15, -0.1) is 0 Å². The van der Waals surface area contributed by atoms with Gasteiger partial charge in [0.2, 0.25) is 0 Å². The van der Waals surface area contributed by atoms with E-state index in [1.165, 1.54) is 17.5 Å². The lowest BCUT2D eigenvalue weighted by Crippen LogP contribution is -2.45. The molecule has 0 N–H and O–H groups in total. The minimum absolute atomic E-state index is 0.0610. The Morgan fingerprint density at radius 2 is 1.86 bits per heavy atom. The Morgan fingerprint density at radius 1 is 1.00 bits per heavy atom. The van der Waals surface area contributed by atoms with Crippen LogP contribution in [0, 0.1) is 0 Å². The summed E-state index contributed by atoms with van der Waals surface area (Å²) in [7, 11) is 0. The number of piperidine rings is 1. The molecule has 1 unspecified atom stereocenters. The van der Waals surface area contributed by atoms with Crippen molar-refractivity contribution in [2.45, 2.75) is 38.3 Å². The predicted molar refractivity (Wildman–Crippen MR) is 143 cm³/mol. The number of rotatable bonds is 8. The Balaban J connectivity index is 1.10. The number of benzene rings is 2. The summed E-state index contributed by atoms with van der Waals surface area (Å²) in [5.74, 6) is 0.958. The smallest absolute Gasteiger partial charge is 0.257 e. The van der Waals surface area contributed by atoms with Gasteiger partial charge in [0.25, 0.3) is 5.91 Å². The Morgan fingerprint density at radius 3 is 2.67 bits per heavy atom. The molecule has 6 nitrogen and oxygen atoms in total. The zero-order valence-electron chi connectivity index (χ0n) is 20.7. The topological polar surface area (TPSA) is 49.2 Å². The van der Waals surface area contributed by atoms with Crippen LogP contribution in [0.25, 0.3) is 0 Å². The third kappa shape index (κ3) is 6.23. The maximum atomic E-state index is 12.9. The summed E-state index contributed by atoms with van der Waals surface area (Å²) in [5, 5.41) is 0.785. The predicted octanol–water partition coefficient (Wildman–Crippen LogP) is 5.72. The first-order valence-corrected chi connectivity index (χ1v) is 13.3. The molecule has 2 saturated heterocycles. The number of carbonyl (C=O) groups is 1. The van der Waals surface area contributed by atoms with E-state index in [1.54, 1.807) is 12.3 Å². The zero-order chi connectivity index (χ0) is 24.7. The summed E-state index contributed by atoms with van der Waals surface area (Å²) < 4.78 is 11.3. The van der Waals surface area contributed by atoms with Gasteiger partial charge >= 0.3 is 0 Å². The van der Waals surface area contributed by atoms with Gasteiger partial charge in [-0.1, -0.05) is 29.8 Å². The highest BCUT2D eigenvalue weighted by Gasteiger charge is 2.28. The highest BCUT2D eigenvalue weighted by atomic mass is 35.5. The summed E-state index contributed by atoms with van der Waals surface area (Å²) in [6.07, 6.45) is 7.15. The van der Waals surface area contributed by atoms with Crippen LogP contribution in [0.4, 0.5) is 5.69 Å². The van der Waals surface area contributed by atoms with Gasteiger partial charge in [0.1, 0.15) is 12.0 Å². The van der Waals surface area contributed by atoms with Gasteiger partial charge in [0, 0.05) is 62.4 Å². The monoisotopic (exact) mass is 507 g/mol. The lowest BCUT2D eigenvalue weighted by molar-refractivity contribution is 0.0580. The first kappa shape index (κ1) is 24.7. The van der Waals surface area contributed by atoms with E-state index in [0.717, 1.165) is 75.7 Å². The van der Waals surface area contributed by atoms with Gasteiger partial charge in [0.05, 0.1) is 18.4 Å². The SMILES string of the molecule is O=C(c1ccoc1)N1CCCCC1CCOc1cccc(CN2CCN(c3cccc(Cl)c3)CC2)c1. The van der Waals surface area contributed by atoms with Crippen LogP contribution < -0.4 is 9.64 Å². The van der Waals surface area contributed by atoms with Crippen LogP contribution in [0.2, 0.25) is 5.02 Å². The number of likely N-dealkylation sites (tertiary alicyclic amines) is 1. The molecule has 3 heterocycles. The Bertz CT molecular complexity index is 1130. The van der Waals surface area contributed by atoms with Crippen molar-refractivity contribution in [2.75, 3.05) is 44.2 Å². The van der Waals surface area contributed by atoms with Crippen LogP contribution in [-0.2, 0) is 6.54 Å². The average Bonchev–Trinajstić information content (AvgIpc) is 3.45. The number of furan rings is 1. The second-order valence-electron chi connectivity index (χ2n) is 9.69. The molecule has 5 rings (SSSR count). The largest absolute Gasteiger partial charge is 0.494 e. The molecular weight excluding hydrogens is 474 g/mol. The second kappa shape index (κ2) is 11.8. The Labute approximate surface area is 218 Å². The molecule has 0 saturated carbocycles. The number of piperazine rings is 1. The highest BCUT2D eigenvalue weighted by molar-refractivity contribution is 6.30. The van der Waals surface area contributed by atoms with Crippen molar-refractivity contribution in [2.24, 2.45) is 0 Å². The van der Waals surface area contributed by atoms with Gasteiger partial charge in [-0.05, 0) is 61.2 Å². The van der Waals surface area contributed by atoms with Crippen LogP contribution in [-0.4, -0.2) is 61.1 Å². The van der Waals surface area contributed by atoms with Crippen molar-refractivity contribution in [1.82, 2.24) is 9.80 Å². The molecule has 2 aromatic carbocycles. The number of hydrogen-bond acceptors (Lipinski definition) is 5. The maximum absolute atomic E-state index is 12.9. The first-order chi connectivity index (χ1) is 17.7. The van der Waals surface area contributed by atoms with Crippen molar-refractivity contribution in [3.8, 4) is 5.75 Å². The van der Waals surface area contributed by atoms with Gasteiger partial charge in [-0.2, -0.15) is 0 Å². The standard InChI is InChI=1S/C29H34ClN3O3/c30-25-6-4-8-27(20-25)32-15-13-31(14-16-32)21-23-5-3-9-28(19-23)36-18-11-26-7-1-2-12-33(26)29(34)24-10-17-35-22-24/h3-6,8-10,17,19-20,22,26H,1-2,7,11-16,18,21H2. The number of ether oxygens (including phenoxy) is 1. The molecule has 7 heteroatoms. The molecule has 2 fully saturated rings. The van der Waals surface area contributed by atoms with Crippen molar-refractivity contribution in [3.05, 3.63) is 83.3 Å². The van der Waals surface area contributed by atoms with E-state index in [9.17, 15) is 4.79 Å². The Kier molecular flexibility index (Phi) is 8.14. The molecule has 2 aliphatic heterocycles. The first-order valence-electron chi connectivity index (χ1n) is 12.9. The van der Waals surface area contributed by atoms with Gasteiger partial charge < -0.3 is 19.0 Å². The molecule has 0 bridgehead atoms. The molecule has 190 valence electrons. The van der Waals surface area contributed by atoms with Crippen LogP contribution in [0.5, 0.6) is 5.75 Å². The fourth-order valence-electron chi connectivity index (χ4n) is 5.26. The van der Waals surface area contributed by atoms with Gasteiger partial charge in [-0.25, -0.2) is 0 Å². The molecule has 1 aromatic heterocycles. The van der Waals surface area contributed by atoms with Crippen LogP contribution in [0.15, 0.2) is 71.5 Å². The fraction of sp³-hybridized carbons (Fsp3) is 0.414. The van der Waals surface area contributed by atoms with E-state index in [0.29, 0.717) is 12.2 Å². The van der Waals surface area contributed by atoms with E-state index in [2.05, 4.69) is 34.1 Å². The number of nitrogens with zero attached hydrogens (tertiary/aromatic N) is 3. The van der Waals surface area contributed by atoms with Gasteiger partial charge in [-0.3, -0.25) is 9.69 Å². The number of carbonyl (C=O) groups excluding carboxylic acids is 1. The van der Waals surface area contributed by atoms with Crippen molar-refractivity contribution in [1.29, 1.82) is 0 Å². The second-order valence-corrected chi connectivity index (χ2v) is 10.1. The van der Waals surface area contributed by atoms with Crippen LogP contribution in [0.1, 0.15) is 41.6 Å². The van der Waals surface area contributed by atoms with E-state index in [-0.39, 0.29) is 11.9 Å². The number of amides is 1. The molecule has 0 aliphatic carbocycles. The zero-order valence-corrected chi connectivity index (χ0v) is 21.4. The molecule has 0 radical (unpaired) electrons. The minimum Gasteiger partial charge on any atom is -0.494 e. The summed E-state index contributed by atoms with van der Waals surface area (Å²) >= 11 is 6.17. The van der Waals surface area contributed by atoms with E-state index in [4.69, 9.17) is 20.8 Å². The normalized spacial score (nSPS) is 18.9. The third-order valence-electron chi connectivity index (χ3n) is 7.23. The van der Waals surface area contributed by atoms with Crippen LogP contribution >= 0.6 is 11.6 Å². The Hall–Kier alpha value is -2.96. The molecule has 1 amide bonds. The highest BCUT2D eigenvalue weighted by Crippen LogP contribution is 2.24. The minimum atomic E-state index is 0.0610. The fourth-order valence-corrected chi connectivity index (χ4v) is 5.45. The van der Waals surface area contributed by atoms with Crippen molar-refractivity contribution in [3.63, 3.8) is 0 Å². The lowest BCUT2D eigenvalue weighted by Gasteiger charge is -2.36. The third-order valence-corrected chi connectivity index (χ3v) is 7.46. The average molecular weight is 508 g/mol. The molecule has 36 heavy (non-hydrogen) atoms. The van der Waals surface area contributed by atoms with E-state index < -0.39 is 0 Å². The van der Waals surface area contributed by atoms with Crippen molar-refractivity contribution < 1.29 is 13.9 Å². The molecule has 0 spiro atoms. The summed E-state index contributed by atoms with van der Waals surface area (Å²) in [5.41, 5.74) is 3.09. The molecular formula is C29H34ClN3O3. The number of hydrogen-bond donors (Lipinski definition) is 0. The number of anilines is 1. The summed E-state index contributed by atoms with van der Waals surface area (Å²) in [4.78, 5) is 19.7. The molecule has 3 aromatic rings. The molecule has 2 aliphatic rings. The number of halogens is 1. The van der Waals surface area contributed by atoms with Crippen LogP contribution in [0.3, 0.4) is 0 Å². The van der Waals surface area contributed by atoms with Gasteiger partial charge in [0.15, 0.2) is 0 Å². The maximum Gasteiger partial charge on any atom is 0.257 e. The molecule has 1 atom stereocenters. The summed E-state index contributed by atoms with van der Waals surface area (Å²) in [6, 6.07) is 18.5. The van der Waals surface area contributed by atoms with E-state index in [1.807, 2.05) is 29.2 Å². The van der Waals surface area contributed by atoms with Crippen molar-refractivity contribution >= 4 is 23.2 Å². The lowest BCUT2D eigenvalue weighted by atomic mass is 9.99. The summed E-state index contributed by atoms with van der Waals surface area (Å²) in [6.45, 7) is 6.32. The quantitative estimate of drug-likeness (QED) is 0.390. The van der Waals surface area contributed by atoms with E-state index >= 15 is 0 Å².